The van der Waals surface area contributed by atoms with Crippen LogP contribution in [0.25, 0.3) is 5.57 Å². The lowest BCUT2D eigenvalue weighted by molar-refractivity contribution is 0.228. The number of aromatic nitrogens is 2. The molecule has 6 nitrogen and oxygen atoms in total. The molecule has 22 heavy (non-hydrogen) atoms. The third-order valence-corrected chi connectivity index (χ3v) is 4.39. The first-order valence-electron chi connectivity index (χ1n) is 6.92. The van der Waals surface area contributed by atoms with E-state index in [9.17, 15) is 4.79 Å². The Labute approximate surface area is 132 Å². The molecular formula is C15H16N4O2S. The van der Waals surface area contributed by atoms with Gasteiger partial charge in [-0.3, -0.25) is 9.36 Å². The number of hydrogen-bond acceptors (Lipinski definition) is 6. The van der Waals surface area contributed by atoms with Crippen molar-refractivity contribution in [2.24, 2.45) is 10.7 Å². The second-order valence-electron chi connectivity index (χ2n) is 4.80. The Bertz CT molecular complexity index is 761. The average Bonchev–Trinajstić information content (AvgIpc) is 3.12. The van der Waals surface area contributed by atoms with Gasteiger partial charge in [-0.1, -0.05) is 24.4 Å². The zero-order valence-corrected chi connectivity index (χ0v) is 12.8. The molecule has 7 heteroatoms. The van der Waals surface area contributed by atoms with Crippen LogP contribution in [0.15, 0.2) is 51.7 Å². The summed E-state index contributed by atoms with van der Waals surface area (Å²) >= 11 is 1.30. The molecular weight excluding hydrogens is 300 g/mol. The van der Waals surface area contributed by atoms with Crippen LogP contribution in [0.5, 0.6) is 0 Å². The van der Waals surface area contributed by atoms with Crippen molar-refractivity contribution in [3.63, 3.8) is 0 Å². The lowest BCUT2D eigenvalue weighted by atomic mass is 10.2. The minimum Gasteiger partial charge on any atom is -0.496 e. The number of allylic oxidation sites excluding steroid dienone is 1. The van der Waals surface area contributed by atoms with E-state index >= 15 is 0 Å². The first kappa shape index (κ1) is 14.8. The lowest BCUT2D eigenvalue weighted by Crippen LogP contribution is -2.23. The fourth-order valence-corrected chi connectivity index (χ4v) is 3.19. The van der Waals surface area contributed by atoms with Crippen molar-refractivity contribution < 1.29 is 4.74 Å². The van der Waals surface area contributed by atoms with Crippen LogP contribution in [0.2, 0.25) is 0 Å². The predicted octanol–water partition coefficient (Wildman–Crippen LogP) is 1.54. The minimum atomic E-state index is -0.0967. The van der Waals surface area contributed by atoms with Gasteiger partial charge in [0, 0.05) is 24.7 Å². The van der Waals surface area contributed by atoms with E-state index < -0.39 is 0 Å². The molecule has 0 spiro atoms. The van der Waals surface area contributed by atoms with Gasteiger partial charge in [-0.25, -0.2) is 9.98 Å². The molecule has 0 bridgehead atoms. The van der Waals surface area contributed by atoms with E-state index in [2.05, 4.69) is 16.6 Å². The summed E-state index contributed by atoms with van der Waals surface area (Å²) in [5, 5.41) is 0.679. The lowest BCUT2D eigenvalue weighted by Gasteiger charge is -2.07. The third-order valence-electron chi connectivity index (χ3n) is 3.28. The molecule has 0 radical (unpaired) electrons. The summed E-state index contributed by atoms with van der Waals surface area (Å²) in [4.78, 5) is 21.7. The molecule has 0 saturated carbocycles. The van der Waals surface area contributed by atoms with Crippen molar-refractivity contribution in [2.45, 2.75) is 17.9 Å². The molecule has 0 unspecified atom stereocenters. The van der Waals surface area contributed by atoms with Gasteiger partial charge in [0.1, 0.15) is 15.7 Å². The molecule has 1 aromatic heterocycles. The highest BCUT2D eigenvalue weighted by atomic mass is 32.2. The first-order valence-corrected chi connectivity index (χ1v) is 7.74. The number of aliphatic imine (C=N–C) groups is 1. The van der Waals surface area contributed by atoms with Crippen LogP contribution < -0.4 is 11.3 Å². The Morgan fingerprint density at radius 3 is 3.18 bits per heavy atom. The van der Waals surface area contributed by atoms with E-state index in [1.807, 2.05) is 6.08 Å². The monoisotopic (exact) mass is 316 g/mol. The predicted molar refractivity (Wildman–Crippen MR) is 87.7 cm³/mol. The van der Waals surface area contributed by atoms with Crippen LogP contribution in [0, 0.1) is 0 Å². The molecule has 0 saturated heterocycles. The highest BCUT2D eigenvalue weighted by molar-refractivity contribution is 8.15. The van der Waals surface area contributed by atoms with Gasteiger partial charge in [0.15, 0.2) is 0 Å². The molecule has 1 aromatic rings. The van der Waals surface area contributed by atoms with Crippen LogP contribution in [0.1, 0.15) is 12.1 Å². The summed E-state index contributed by atoms with van der Waals surface area (Å²) in [7, 11) is 0. The summed E-state index contributed by atoms with van der Waals surface area (Å²) in [6.07, 6.45) is 7.77. The van der Waals surface area contributed by atoms with Crippen LogP contribution in [-0.2, 0) is 11.3 Å². The largest absolute Gasteiger partial charge is 0.496 e. The fourth-order valence-electron chi connectivity index (χ4n) is 2.18. The van der Waals surface area contributed by atoms with E-state index in [1.165, 1.54) is 18.1 Å². The van der Waals surface area contributed by atoms with Gasteiger partial charge in [-0.2, -0.15) is 0 Å². The summed E-state index contributed by atoms with van der Waals surface area (Å²) in [6, 6.07) is 0. The second kappa shape index (κ2) is 6.33. The molecule has 0 aliphatic carbocycles. The number of hydrogen-bond donors (Lipinski definition) is 1. The van der Waals surface area contributed by atoms with Crippen molar-refractivity contribution in [1.82, 2.24) is 9.55 Å². The quantitative estimate of drug-likeness (QED) is 0.911. The molecule has 0 amide bonds. The smallest absolute Gasteiger partial charge is 0.268 e. The number of thioether (sulfide) groups is 1. The summed E-state index contributed by atoms with van der Waals surface area (Å²) < 4.78 is 6.99. The van der Waals surface area contributed by atoms with Crippen LogP contribution in [0.4, 0.5) is 0 Å². The van der Waals surface area contributed by atoms with Gasteiger partial charge in [0.25, 0.3) is 5.56 Å². The maximum Gasteiger partial charge on any atom is 0.268 e. The Morgan fingerprint density at radius 2 is 2.45 bits per heavy atom. The molecule has 2 aliphatic rings. The molecule has 0 atom stereocenters. The fraction of sp³-hybridized carbons (Fsp3) is 0.267. The van der Waals surface area contributed by atoms with Gasteiger partial charge >= 0.3 is 0 Å². The molecule has 114 valence electrons. The number of rotatable bonds is 4. The van der Waals surface area contributed by atoms with Crippen LogP contribution >= 0.6 is 11.8 Å². The molecule has 2 aliphatic heterocycles. The SMILES string of the molecule is C=C1C(=N/C=C\CN)Sc2c1ncn(CC1=CCCO1)c2=O. The summed E-state index contributed by atoms with van der Waals surface area (Å²) in [5.74, 6) is 0.811. The van der Waals surface area contributed by atoms with E-state index in [0.29, 0.717) is 40.9 Å². The van der Waals surface area contributed by atoms with Gasteiger partial charge in [-0.05, 0) is 6.08 Å². The summed E-state index contributed by atoms with van der Waals surface area (Å²) in [5.41, 5.74) is 6.56. The third kappa shape index (κ3) is 2.77. The van der Waals surface area contributed by atoms with E-state index in [-0.39, 0.29) is 5.56 Å². The molecule has 3 heterocycles. The number of nitrogens with two attached hydrogens (primary N) is 1. The van der Waals surface area contributed by atoms with E-state index in [1.54, 1.807) is 16.8 Å². The average molecular weight is 316 g/mol. The van der Waals surface area contributed by atoms with Crippen molar-refractivity contribution >= 4 is 22.4 Å². The maximum atomic E-state index is 12.6. The zero-order valence-electron chi connectivity index (χ0n) is 12.0. The maximum absolute atomic E-state index is 12.6. The van der Waals surface area contributed by atoms with Gasteiger partial charge in [0.05, 0.1) is 25.2 Å². The van der Waals surface area contributed by atoms with Crippen molar-refractivity contribution in [3.8, 4) is 0 Å². The minimum absolute atomic E-state index is 0.0967. The van der Waals surface area contributed by atoms with Crippen molar-refractivity contribution in [2.75, 3.05) is 13.2 Å². The number of nitrogens with zero attached hydrogens (tertiary/aromatic N) is 3. The topological polar surface area (TPSA) is 82.5 Å². The van der Waals surface area contributed by atoms with E-state index in [0.717, 1.165) is 12.2 Å². The van der Waals surface area contributed by atoms with Crippen LogP contribution in [-0.4, -0.2) is 27.7 Å². The Balaban J connectivity index is 1.90. The highest BCUT2D eigenvalue weighted by Crippen LogP contribution is 2.36. The Morgan fingerprint density at radius 1 is 1.59 bits per heavy atom. The molecule has 0 fully saturated rings. The summed E-state index contributed by atoms with van der Waals surface area (Å²) in [6.45, 7) is 5.47. The van der Waals surface area contributed by atoms with Gasteiger partial charge in [0.2, 0.25) is 0 Å². The normalized spacial score (nSPS) is 18.9. The highest BCUT2D eigenvalue weighted by Gasteiger charge is 2.27. The Kier molecular flexibility index (Phi) is 4.26. The van der Waals surface area contributed by atoms with Crippen molar-refractivity contribution in [1.29, 1.82) is 0 Å². The number of fused-ring (bicyclic) bond motifs is 1. The van der Waals surface area contributed by atoms with E-state index in [4.69, 9.17) is 10.5 Å². The van der Waals surface area contributed by atoms with Crippen LogP contribution in [0.3, 0.4) is 0 Å². The molecule has 2 N–H and O–H groups in total. The zero-order chi connectivity index (χ0) is 15.5. The standard InChI is InChI=1S/C15H16N4O2S/c1-10-12-13(22-14(10)17-6-3-5-16)15(20)19(9-18-12)8-11-4-2-7-21-11/h3-4,6,9H,1-2,5,7-8,16H2/b6-3-,17-14?. The van der Waals surface area contributed by atoms with Crippen molar-refractivity contribution in [3.05, 3.63) is 53.1 Å². The first-order chi connectivity index (χ1) is 10.7. The molecule has 3 rings (SSSR count). The van der Waals surface area contributed by atoms with Gasteiger partial charge in [-0.15, -0.1) is 0 Å². The Hall–Kier alpha value is -2.12. The van der Waals surface area contributed by atoms with Gasteiger partial charge < -0.3 is 10.5 Å². The second-order valence-corrected chi connectivity index (χ2v) is 5.80. The number of ether oxygens (including phenoxy) is 1. The molecule has 0 aromatic carbocycles.